The molecule has 0 amide bonds. The molecule has 3 aromatic heterocycles. The van der Waals surface area contributed by atoms with Crippen molar-refractivity contribution in [2.75, 3.05) is 7.11 Å². The first-order chi connectivity index (χ1) is 12.7. The van der Waals surface area contributed by atoms with Gasteiger partial charge in [-0.3, -0.25) is 0 Å². The number of methoxy groups -OCH3 is 1. The predicted molar refractivity (Wildman–Crippen MR) is 98.2 cm³/mol. The molecule has 26 heavy (non-hydrogen) atoms. The van der Waals surface area contributed by atoms with Crippen LogP contribution < -0.4 is 4.74 Å². The molecule has 1 aromatic carbocycles. The fourth-order valence-electron chi connectivity index (χ4n) is 2.29. The van der Waals surface area contributed by atoms with E-state index in [0.29, 0.717) is 28.6 Å². The van der Waals surface area contributed by atoms with Gasteiger partial charge >= 0.3 is 0 Å². The third-order valence-electron chi connectivity index (χ3n) is 3.54. The van der Waals surface area contributed by atoms with Crippen molar-refractivity contribution in [1.29, 1.82) is 0 Å². The number of hydrogen-bond donors (Lipinski definition) is 0. The van der Waals surface area contributed by atoms with E-state index in [4.69, 9.17) is 13.6 Å². The molecule has 0 spiro atoms. The van der Waals surface area contributed by atoms with Crippen molar-refractivity contribution < 1.29 is 13.6 Å². The van der Waals surface area contributed by atoms with E-state index >= 15 is 0 Å². The van der Waals surface area contributed by atoms with Gasteiger partial charge < -0.3 is 13.6 Å². The fraction of sp³-hybridized carbons (Fsp3) is 0.176. The number of benzene rings is 1. The highest BCUT2D eigenvalue weighted by Crippen LogP contribution is 2.37. The normalized spacial score (nSPS) is 12.2. The van der Waals surface area contributed by atoms with Gasteiger partial charge in [0.2, 0.25) is 5.89 Å². The number of rotatable bonds is 6. The molecule has 0 aliphatic heterocycles. The van der Waals surface area contributed by atoms with E-state index in [9.17, 15) is 0 Å². The van der Waals surface area contributed by atoms with Crippen LogP contribution in [0.15, 0.2) is 55.8 Å². The quantitative estimate of drug-likeness (QED) is 0.440. The van der Waals surface area contributed by atoms with Gasteiger partial charge in [0.25, 0.3) is 17.0 Å². The van der Waals surface area contributed by atoms with Crippen molar-refractivity contribution in [3.05, 3.63) is 47.7 Å². The second-order valence-electron chi connectivity index (χ2n) is 5.26. The van der Waals surface area contributed by atoms with Gasteiger partial charge in [0.05, 0.1) is 22.8 Å². The lowest BCUT2D eigenvalue weighted by Gasteiger charge is -2.03. The second-order valence-corrected chi connectivity index (χ2v) is 7.50. The predicted octanol–water partition coefficient (Wildman–Crippen LogP) is 4.71. The van der Waals surface area contributed by atoms with Crippen LogP contribution >= 0.6 is 23.1 Å². The molecule has 0 bridgehead atoms. The lowest BCUT2D eigenvalue weighted by Crippen LogP contribution is -1.88. The number of hydrogen-bond acceptors (Lipinski definition) is 9. The van der Waals surface area contributed by atoms with Crippen LogP contribution in [0.3, 0.4) is 0 Å². The Morgan fingerprint density at radius 1 is 1.00 bits per heavy atom. The summed E-state index contributed by atoms with van der Waals surface area (Å²) >= 11 is 2.92. The van der Waals surface area contributed by atoms with Gasteiger partial charge in [0.15, 0.2) is 0 Å². The Morgan fingerprint density at radius 3 is 2.65 bits per heavy atom. The lowest BCUT2D eigenvalue weighted by molar-refractivity contribution is 0.411. The number of aromatic nitrogens is 4. The molecule has 0 radical (unpaired) electrons. The van der Waals surface area contributed by atoms with E-state index in [-0.39, 0.29) is 5.25 Å². The molecule has 0 fully saturated rings. The maximum atomic E-state index is 5.76. The first-order valence-electron chi connectivity index (χ1n) is 7.75. The number of para-hydroxylation sites is 1. The largest absolute Gasteiger partial charge is 0.496 e. The molecule has 4 aromatic rings. The van der Waals surface area contributed by atoms with Crippen molar-refractivity contribution in [3.63, 3.8) is 0 Å². The van der Waals surface area contributed by atoms with Crippen molar-refractivity contribution in [2.45, 2.75) is 17.4 Å². The van der Waals surface area contributed by atoms with Crippen LogP contribution in [0.25, 0.3) is 22.2 Å². The fourth-order valence-corrected chi connectivity index (χ4v) is 3.65. The minimum atomic E-state index is -0.123. The number of thiophene rings is 1. The highest BCUT2D eigenvalue weighted by atomic mass is 32.2. The molecular formula is C17H14N4O3S2. The molecule has 0 aliphatic rings. The van der Waals surface area contributed by atoms with Crippen LogP contribution in [0.4, 0.5) is 0 Å². The summed E-state index contributed by atoms with van der Waals surface area (Å²) in [7, 11) is 1.60. The minimum Gasteiger partial charge on any atom is -0.496 e. The van der Waals surface area contributed by atoms with E-state index in [2.05, 4.69) is 20.4 Å². The summed E-state index contributed by atoms with van der Waals surface area (Å²) in [5, 5.41) is 18.7. The molecule has 132 valence electrons. The summed E-state index contributed by atoms with van der Waals surface area (Å²) in [5.41, 5.74) is 0.750. The summed E-state index contributed by atoms with van der Waals surface area (Å²) in [6.45, 7) is 1.95. The Hall–Kier alpha value is -2.65. The van der Waals surface area contributed by atoms with Crippen LogP contribution in [0.1, 0.15) is 18.1 Å². The molecule has 0 N–H and O–H groups in total. The molecule has 7 nitrogen and oxygen atoms in total. The van der Waals surface area contributed by atoms with Gasteiger partial charge in [-0.05, 0) is 30.5 Å². The maximum Gasteiger partial charge on any atom is 0.277 e. The topological polar surface area (TPSA) is 87.1 Å². The molecule has 4 rings (SSSR count). The van der Waals surface area contributed by atoms with Crippen LogP contribution in [0, 0.1) is 0 Å². The Morgan fingerprint density at radius 2 is 1.85 bits per heavy atom. The average Bonchev–Trinajstić information content (AvgIpc) is 3.41. The van der Waals surface area contributed by atoms with Crippen LogP contribution in [-0.2, 0) is 0 Å². The van der Waals surface area contributed by atoms with E-state index in [0.717, 1.165) is 10.4 Å². The monoisotopic (exact) mass is 386 g/mol. The van der Waals surface area contributed by atoms with Crippen molar-refractivity contribution >= 4 is 23.1 Å². The summed E-state index contributed by atoms with van der Waals surface area (Å²) in [6.07, 6.45) is 0. The Labute approximate surface area is 157 Å². The standard InChI is InChI=1S/C17H14N4O3S2/c1-10(14-18-20-16(23-14)13-8-5-9-25-13)26-17-21-19-15(24-17)11-6-3-4-7-12(11)22-2/h3-10H,1-2H3/t10-/m0/s1. The van der Waals surface area contributed by atoms with Gasteiger partial charge in [-0.1, -0.05) is 30.0 Å². The Bertz CT molecular complexity index is 997. The van der Waals surface area contributed by atoms with Crippen LogP contribution in [0.2, 0.25) is 0 Å². The summed E-state index contributed by atoms with van der Waals surface area (Å²) in [5.74, 6) is 2.11. The molecule has 3 heterocycles. The van der Waals surface area contributed by atoms with Gasteiger partial charge in [-0.25, -0.2) is 0 Å². The van der Waals surface area contributed by atoms with Gasteiger partial charge in [0.1, 0.15) is 5.75 Å². The second kappa shape index (κ2) is 7.30. The third kappa shape index (κ3) is 3.35. The third-order valence-corrected chi connectivity index (χ3v) is 5.32. The van der Waals surface area contributed by atoms with Gasteiger partial charge in [-0.15, -0.1) is 31.7 Å². The van der Waals surface area contributed by atoms with Crippen molar-refractivity contribution in [1.82, 2.24) is 20.4 Å². The van der Waals surface area contributed by atoms with E-state index in [1.165, 1.54) is 11.8 Å². The zero-order valence-corrected chi connectivity index (χ0v) is 15.6. The first kappa shape index (κ1) is 16.8. The summed E-state index contributed by atoms with van der Waals surface area (Å²) < 4.78 is 16.8. The number of ether oxygens (including phenoxy) is 1. The zero-order chi connectivity index (χ0) is 17.9. The highest BCUT2D eigenvalue weighted by molar-refractivity contribution is 7.99. The van der Waals surface area contributed by atoms with Gasteiger partial charge in [-0.2, -0.15) is 0 Å². The zero-order valence-electron chi connectivity index (χ0n) is 13.9. The SMILES string of the molecule is COc1ccccc1-c1nnc(S[C@@H](C)c2nnc(-c3cccs3)o2)o1. The Balaban J connectivity index is 1.50. The Kier molecular flexibility index (Phi) is 4.72. The number of thioether (sulfide) groups is 1. The van der Waals surface area contributed by atoms with Crippen molar-refractivity contribution in [2.24, 2.45) is 0 Å². The summed E-state index contributed by atoms with van der Waals surface area (Å²) in [6, 6.07) is 11.4. The molecule has 0 aliphatic carbocycles. The smallest absolute Gasteiger partial charge is 0.277 e. The molecule has 0 saturated heterocycles. The first-order valence-corrected chi connectivity index (χ1v) is 9.51. The molecule has 0 saturated carbocycles. The molecule has 1 atom stereocenters. The van der Waals surface area contributed by atoms with Crippen LogP contribution in [-0.4, -0.2) is 27.5 Å². The average molecular weight is 386 g/mol. The summed E-state index contributed by atoms with van der Waals surface area (Å²) in [4.78, 5) is 0.942. The molecular weight excluding hydrogens is 372 g/mol. The van der Waals surface area contributed by atoms with Crippen LogP contribution in [0.5, 0.6) is 5.75 Å². The minimum absolute atomic E-state index is 0.123. The van der Waals surface area contributed by atoms with Gasteiger partial charge in [0, 0.05) is 0 Å². The lowest BCUT2D eigenvalue weighted by atomic mass is 10.2. The van der Waals surface area contributed by atoms with Crippen molar-refractivity contribution in [3.8, 4) is 28.0 Å². The molecule has 0 unspecified atom stereocenters. The van der Waals surface area contributed by atoms with E-state index < -0.39 is 0 Å². The van der Waals surface area contributed by atoms with E-state index in [1.54, 1.807) is 18.4 Å². The number of nitrogens with zero attached hydrogens (tertiary/aromatic N) is 4. The van der Waals surface area contributed by atoms with E-state index in [1.807, 2.05) is 48.7 Å². The molecule has 9 heteroatoms. The maximum absolute atomic E-state index is 5.76. The highest BCUT2D eigenvalue weighted by Gasteiger charge is 2.20.